The molecular formula is C26H43BBrNO5. The molecule has 0 aromatic carbocycles. The molecule has 5 rings (SSSR count). The molecule has 0 N–H and O–H groups in total. The van der Waals surface area contributed by atoms with Crippen LogP contribution >= 0.6 is 15.9 Å². The lowest BCUT2D eigenvalue weighted by atomic mass is 9.43. The zero-order valence-corrected chi connectivity index (χ0v) is 23.7. The number of likely N-dealkylation sites (tertiary alicyclic amines) is 1. The van der Waals surface area contributed by atoms with Crippen molar-refractivity contribution >= 4 is 34.9 Å². The van der Waals surface area contributed by atoms with E-state index >= 15 is 0 Å². The molecule has 0 spiro atoms. The number of ether oxygens (including phenoxy) is 1. The van der Waals surface area contributed by atoms with Crippen molar-refractivity contribution in [1.29, 1.82) is 0 Å². The predicted molar refractivity (Wildman–Crippen MR) is 137 cm³/mol. The van der Waals surface area contributed by atoms with E-state index in [-0.39, 0.29) is 42.5 Å². The first kappa shape index (κ1) is 26.5. The number of carbonyl (C=O) groups excluding carboxylic acids is 2. The summed E-state index contributed by atoms with van der Waals surface area (Å²) >= 11 is 3.57. The number of alkyl halides is 1. The van der Waals surface area contributed by atoms with E-state index < -0.39 is 11.6 Å². The van der Waals surface area contributed by atoms with Crippen LogP contribution < -0.4 is 0 Å². The van der Waals surface area contributed by atoms with Crippen LogP contribution in [0.5, 0.6) is 0 Å². The Hall–Kier alpha value is -0.595. The number of halogens is 1. The van der Waals surface area contributed by atoms with Crippen LogP contribution in [-0.2, 0) is 18.8 Å². The van der Waals surface area contributed by atoms with Crippen molar-refractivity contribution in [2.75, 3.05) is 11.9 Å². The Bertz CT molecular complexity index is 801. The smallest absolute Gasteiger partial charge is 0.444 e. The Labute approximate surface area is 214 Å². The Balaban J connectivity index is 1.38. The van der Waals surface area contributed by atoms with E-state index in [2.05, 4.69) is 36.7 Å². The first-order valence-corrected chi connectivity index (χ1v) is 14.3. The lowest BCUT2D eigenvalue weighted by molar-refractivity contribution is -0.199. The SMILES string of the molecule is CC(=O)[C@H]1[C@H](CCCB2O[C@@H]3C[C@@H]4C[C@@H](C4(C)C)[C@]3(C)O2)C(CCBr)CN1C(=O)OC(C)(C)C. The molecule has 0 radical (unpaired) electrons. The van der Waals surface area contributed by atoms with Crippen molar-refractivity contribution in [2.24, 2.45) is 29.1 Å². The second kappa shape index (κ2) is 9.37. The van der Waals surface area contributed by atoms with Crippen LogP contribution in [0.3, 0.4) is 0 Å². The van der Waals surface area contributed by atoms with E-state index in [0.29, 0.717) is 17.9 Å². The van der Waals surface area contributed by atoms with Gasteiger partial charge in [-0.1, -0.05) is 36.2 Å². The molecule has 2 heterocycles. The Kier molecular flexibility index (Phi) is 7.29. The summed E-state index contributed by atoms with van der Waals surface area (Å²) in [6.45, 7) is 14.8. The molecule has 8 heteroatoms. The molecule has 2 bridgehead atoms. The first-order chi connectivity index (χ1) is 15.8. The maximum atomic E-state index is 12.9. The van der Waals surface area contributed by atoms with Gasteiger partial charge in [0, 0.05) is 11.9 Å². The largest absolute Gasteiger partial charge is 0.457 e. The summed E-state index contributed by atoms with van der Waals surface area (Å²) in [4.78, 5) is 27.3. The lowest BCUT2D eigenvalue weighted by Crippen LogP contribution is -2.65. The molecule has 0 aromatic heterocycles. The number of rotatable bonds is 7. The summed E-state index contributed by atoms with van der Waals surface area (Å²) in [5.74, 6) is 1.77. The van der Waals surface area contributed by atoms with Crippen molar-refractivity contribution in [1.82, 2.24) is 4.90 Å². The van der Waals surface area contributed by atoms with E-state index in [9.17, 15) is 9.59 Å². The van der Waals surface area contributed by atoms with Crippen molar-refractivity contribution in [3.8, 4) is 0 Å². The monoisotopic (exact) mass is 539 g/mol. The third-order valence-electron chi connectivity index (χ3n) is 9.28. The number of nitrogens with zero attached hydrogens (tertiary/aromatic N) is 1. The number of carbonyl (C=O) groups is 2. The minimum Gasteiger partial charge on any atom is -0.444 e. The predicted octanol–water partition coefficient (Wildman–Crippen LogP) is 5.72. The van der Waals surface area contributed by atoms with E-state index in [1.54, 1.807) is 11.8 Å². The van der Waals surface area contributed by atoms with Gasteiger partial charge in [0.05, 0.1) is 17.7 Å². The van der Waals surface area contributed by atoms with Gasteiger partial charge in [-0.25, -0.2) is 4.79 Å². The Morgan fingerprint density at radius 2 is 1.88 bits per heavy atom. The molecule has 34 heavy (non-hydrogen) atoms. The highest BCUT2D eigenvalue weighted by Crippen LogP contribution is 2.65. The summed E-state index contributed by atoms with van der Waals surface area (Å²) in [6.07, 6.45) is 5.74. The fourth-order valence-electron chi connectivity index (χ4n) is 7.45. The standard InChI is InChI=1S/C26H43BBrNO5/c1-16(30)22-19(17(10-12-28)15-29(22)23(31)32-24(2,3)4)9-8-11-27-33-21-14-18-13-20(25(18,5)6)26(21,7)34-27/h17-22H,8-15H2,1-7H3/t17?,18-,19+,20-,21+,22-,26-/m0/s1. The summed E-state index contributed by atoms with van der Waals surface area (Å²) in [5.41, 5.74) is -0.416. The van der Waals surface area contributed by atoms with Gasteiger partial charge in [0.2, 0.25) is 0 Å². The third-order valence-corrected chi connectivity index (χ3v) is 9.74. The molecule has 5 aliphatic rings. The van der Waals surface area contributed by atoms with Gasteiger partial charge >= 0.3 is 13.2 Å². The van der Waals surface area contributed by atoms with Gasteiger partial charge in [-0.05, 0) is 95.7 Å². The molecule has 2 aliphatic heterocycles. The van der Waals surface area contributed by atoms with Crippen molar-refractivity contribution in [3.05, 3.63) is 0 Å². The van der Waals surface area contributed by atoms with E-state index in [1.807, 2.05) is 20.8 Å². The van der Waals surface area contributed by atoms with Gasteiger partial charge in [-0.3, -0.25) is 9.69 Å². The molecule has 5 fully saturated rings. The Morgan fingerprint density at radius 3 is 2.47 bits per heavy atom. The van der Waals surface area contributed by atoms with Crippen LogP contribution in [0.2, 0.25) is 6.32 Å². The molecule has 6 nitrogen and oxygen atoms in total. The summed E-state index contributed by atoms with van der Waals surface area (Å²) < 4.78 is 18.6. The highest BCUT2D eigenvalue weighted by Gasteiger charge is 2.67. The van der Waals surface area contributed by atoms with Gasteiger partial charge < -0.3 is 14.0 Å². The minimum absolute atomic E-state index is 0.0434. The van der Waals surface area contributed by atoms with Gasteiger partial charge in [0.25, 0.3) is 0 Å². The number of Topliss-reactive ketones (excluding diaryl/α,β-unsaturated/α-hetero) is 1. The van der Waals surface area contributed by atoms with Gasteiger partial charge in [-0.2, -0.15) is 0 Å². The fourth-order valence-corrected chi connectivity index (χ4v) is 8.04. The van der Waals surface area contributed by atoms with E-state index in [4.69, 9.17) is 14.0 Å². The van der Waals surface area contributed by atoms with Crippen LogP contribution in [0.25, 0.3) is 0 Å². The summed E-state index contributed by atoms with van der Waals surface area (Å²) in [5, 5.41) is 0.855. The number of hydrogen-bond donors (Lipinski definition) is 0. The Morgan fingerprint density at radius 1 is 1.18 bits per heavy atom. The molecule has 3 saturated carbocycles. The summed E-state index contributed by atoms with van der Waals surface area (Å²) in [6, 6.07) is -0.419. The maximum absolute atomic E-state index is 12.9. The van der Waals surface area contributed by atoms with Gasteiger partial charge in [0.15, 0.2) is 5.78 Å². The number of hydrogen-bond acceptors (Lipinski definition) is 5. The van der Waals surface area contributed by atoms with Crippen LogP contribution in [-0.4, -0.2) is 59.1 Å². The quantitative estimate of drug-likeness (QED) is 0.305. The summed E-state index contributed by atoms with van der Waals surface area (Å²) in [7, 11) is -0.168. The van der Waals surface area contributed by atoms with Crippen LogP contribution in [0.4, 0.5) is 4.79 Å². The molecule has 1 amide bonds. The van der Waals surface area contributed by atoms with Crippen molar-refractivity contribution < 1.29 is 23.6 Å². The second-order valence-electron chi connectivity index (χ2n) is 12.9. The van der Waals surface area contributed by atoms with Crippen LogP contribution in [0.15, 0.2) is 0 Å². The number of ketones is 1. The van der Waals surface area contributed by atoms with Crippen molar-refractivity contribution in [2.45, 2.75) is 110 Å². The highest BCUT2D eigenvalue weighted by atomic mass is 79.9. The topological polar surface area (TPSA) is 65.1 Å². The van der Waals surface area contributed by atoms with Gasteiger partial charge in [-0.15, -0.1) is 0 Å². The fraction of sp³-hybridized carbons (Fsp3) is 0.923. The molecule has 1 unspecified atom stereocenters. The first-order valence-electron chi connectivity index (χ1n) is 13.2. The van der Waals surface area contributed by atoms with Crippen LogP contribution in [0, 0.1) is 29.1 Å². The van der Waals surface area contributed by atoms with E-state index in [1.165, 1.54) is 6.42 Å². The number of amides is 1. The van der Waals surface area contributed by atoms with E-state index in [0.717, 1.165) is 43.3 Å². The molecule has 0 aromatic rings. The average molecular weight is 540 g/mol. The lowest BCUT2D eigenvalue weighted by Gasteiger charge is -2.64. The molecule has 2 saturated heterocycles. The van der Waals surface area contributed by atoms with Crippen LogP contribution in [0.1, 0.15) is 80.6 Å². The maximum Gasteiger partial charge on any atom is 0.457 e. The van der Waals surface area contributed by atoms with Crippen molar-refractivity contribution in [3.63, 3.8) is 0 Å². The molecule has 7 atom stereocenters. The average Bonchev–Trinajstić information content (AvgIpc) is 3.24. The molecule has 192 valence electrons. The molecule has 3 aliphatic carbocycles. The molecular weight excluding hydrogens is 497 g/mol. The zero-order valence-electron chi connectivity index (χ0n) is 22.1. The third kappa shape index (κ3) is 4.72. The zero-order chi connectivity index (χ0) is 25.1. The normalized spacial score (nSPS) is 38.5. The second-order valence-corrected chi connectivity index (χ2v) is 13.7. The highest BCUT2D eigenvalue weighted by molar-refractivity contribution is 9.09. The minimum atomic E-state index is -0.583. The van der Waals surface area contributed by atoms with Gasteiger partial charge in [0.1, 0.15) is 5.60 Å².